The van der Waals surface area contributed by atoms with Crippen LogP contribution >= 0.6 is 0 Å². The van der Waals surface area contributed by atoms with Gasteiger partial charge in [0.2, 0.25) is 11.8 Å². The van der Waals surface area contributed by atoms with Gasteiger partial charge in [0.05, 0.1) is 12.1 Å². The quantitative estimate of drug-likeness (QED) is 0.457. The summed E-state index contributed by atoms with van der Waals surface area (Å²) >= 11 is 0. The number of rotatable bonds is 5. The van der Waals surface area contributed by atoms with Crippen LogP contribution in [0.1, 0.15) is 69.0 Å². The molecule has 1 atom stereocenters. The summed E-state index contributed by atoms with van der Waals surface area (Å²) in [4.78, 5) is 64.3. The molecule has 1 unspecified atom stereocenters. The Morgan fingerprint density at radius 2 is 1.77 bits per heavy atom. The van der Waals surface area contributed by atoms with Crippen molar-refractivity contribution in [3.63, 3.8) is 0 Å². The summed E-state index contributed by atoms with van der Waals surface area (Å²) in [6.45, 7) is 3.76. The van der Waals surface area contributed by atoms with E-state index in [1.54, 1.807) is 22.1 Å². The highest BCUT2D eigenvalue weighted by atomic mass is 16.5. The Labute approximate surface area is 248 Å². The zero-order valence-electron chi connectivity index (χ0n) is 23.7. The fraction of sp³-hybridized carbons (Fsp3) is 0.375. The zero-order valence-corrected chi connectivity index (χ0v) is 23.7. The van der Waals surface area contributed by atoms with Gasteiger partial charge < -0.3 is 9.64 Å². The van der Waals surface area contributed by atoms with Gasteiger partial charge in [-0.2, -0.15) is 0 Å². The first-order valence-electron chi connectivity index (χ1n) is 14.8. The topological polar surface area (TPSA) is 125 Å². The smallest absolute Gasteiger partial charge is 0.263 e. The summed E-state index contributed by atoms with van der Waals surface area (Å²) in [6.07, 6.45) is 5.64. The lowest BCUT2D eigenvalue weighted by Crippen LogP contribution is -2.52. The summed E-state index contributed by atoms with van der Waals surface area (Å²) in [5, 5.41) is 2.36. The zero-order chi connectivity index (χ0) is 29.5. The monoisotopic (exact) mass is 580 g/mol. The van der Waals surface area contributed by atoms with Gasteiger partial charge in [-0.25, -0.2) is 9.97 Å². The van der Waals surface area contributed by atoms with E-state index in [0.29, 0.717) is 54.7 Å². The van der Waals surface area contributed by atoms with E-state index < -0.39 is 6.04 Å². The number of carbonyl (C=O) groups is 4. The number of nitrogens with one attached hydrogen (secondary N) is 1. The Kier molecular flexibility index (Phi) is 7.10. The van der Waals surface area contributed by atoms with Crippen molar-refractivity contribution in [3.8, 4) is 5.75 Å². The Bertz CT molecular complexity index is 1600. The van der Waals surface area contributed by atoms with Crippen LogP contribution in [0.3, 0.4) is 0 Å². The number of anilines is 1. The van der Waals surface area contributed by atoms with Crippen LogP contribution < -0.4 is 15.0 Å². The number of benzene rings is 2. The molecular weight excluding hydrogens is 548 g/mol. The number of aromatic nitrogens is 2. The van der Waals surface area contributed by atoms with Gasteiger partial charge in [0.1, 0.15) is 30.5 Å². The van der Waals surface area contributed by atoms with Crippen molar-refractivity contribution in [2.24, 2.45) is 0 Å². The van der Waals surface area contributed by atoms with E-state index >= 15 is 0 Å². The van der Waals surface area contributed by atoms with Crippen LogP contribution in [-0.4, -0.2) is 75.7 Å². The average Bonchev–Trinajstić information content (AvgIpc) is 3.25. The minimum Gasteiger partial charge on any atom is -0.491 e. The standard InChI is InChI=1S/C32H32N6O5/c39-29-6-4-26(30(40)35-29)38-18-23-16-22(2-3-24(23)31(38)41)21-8-11-36(12-9-21)17-20-1-5-27-25(15-20)32(42)37(13-14-43-27)28-7-10-33-19-34-28/h1-3,5,7,10,15-16,19,21,26H,4,6,8-9,11-14,17-18H2,(H,35,39,40). The van der Waals surface area contributed by atoms with Gasteiger partial charge in [0.15, 0.2) is 0 Å². The Morgan fingerprint density at radius 3 is 2.56 bits per heavy atom. The molecule has 0 spiro atoms. The predicted octanol–water partition coefficient (Wildman–Crippen LogP) is 2.66. The molecule has 4 amide bonds. The number of hydrogen-bond donors (Lipinski definition) is 1. The maximum atomic E-state index is 13.4. The molecule has 2 aromatic carbocycles. The molecule has 2 fully saturated rings. The number of hydrogen-bond acceptors (Lipinski definition) is 8. The van der Waals surface area contributed by atoms with E-state index in [1.807, 2.05) is 30.3 Å². The lowest BCUT2D eigenvalue weighted by molar-refractivity contribution is -0.136. The van der Waals surface area contributed by atoms with Crippen LogP contribution in [0, 0.1) is 0 Å². The van der Waals surface area contributed by atoms with Gasteiger partial charge in [-0.1, -0.05) is 18.2 Å². The highest BCUT2D eigenvalue weighted by Gasteiger charge is 2.39. The second-order valence-electron chi connectivity index (χ2n) is 11.6. The SMILES string of the molecule is O=C1CCC(N2Cc3cc(C4CCN(Cc5ccc6c(c5)C(=O)N(c5ccncn5)CCO6)CC4)ccc3C2=O)C(=O)N1. The van der Waals surface area contributed by atoms with E-state index in [-0.39, 0.29) is 30.0 Å². The molecule has 2 saturated heterocycles. The molecule has 0 bridgehead atoms. The first-order chi connectivity index (χ1) is 20.9. The number of likely N-dealkylation sites (tertiary alicyclic amines) is 1. The summed E-state index contributed by atoms with van der Waals surface area (Å²) in [7, 11) is 0. The summed E-state index contributed by atoms with van der Waals surface area (Å²) < 4.78 is 5.89. The fourth-order valence-electron chi connectivity index (χ4n) is 6.66. The number of carbonyl (C=O) groups excluding carboxylic acids is 4. The Hall–Kier alpha value is -4.64. The highest BCUT2D eigenvalue weighted by Crippen LogP contribution is 2.34. The first-order valence-corrected chi connectivity index (χ1v) is 14.8. The third-order valence-electron chi connectivity index (χ3n) is 8.95. The van der Waals surface area contributed by atoms with Crippen LogP contribution in [0.5, 0.6) is 5.75 Å². The number of piperidine rings is 2. The van der Waals surface area contributed by atoms with Gasteiger partial charge in [-0.05, 0) is 79.2 Å². The minimum absolute atomic E-state index is 0.127. The van der Waals surface area contributed by atoms with Crippen LogP contribution in [-0.2, 0) is 22.7 Å². The molecule has 0 aliphatic carbocycles. The largest absolute Gasteiger partial charge is 0.491 e. The second kappa shape index (κ2) is 11.2. The van der Waals surface area contributed by atoms with E-state index in [1.165, 1.54) is 11.9 Å². The Balaban J connectivity index is 0.990. The van der Waals surface area contributed by atoms with Crippen LogP contribution in [0.25, 0.3) is 0 Å². The molecule has 4 aliphatic heterocycles. The number of amides is 4. The average molecular weight is 581 g/mol. The highest BCUT2D eigenvalue weighted by molar-refractivity contribution is 6.08. The van der Waals surface area contributed by atoms with Crippen molar-refractivity contribution in [1.82, 2.24) is 25.1 Å². The molecule has 43 heavy (non-hydrogen) atoms. The molecule has 1 N–H and O–H groups in total. The molecule has 5 heterocycles. The van der Waals surface area contributed by atoms with E-state index in [2.05, 4.69) is 26.3 Å². The lowest BCUT2D eigenvalue weighted by atomic mass is 9.87. The van der Waals surface area contributed by atoms with E-state index in [0.717, 1.165) is 43.6 Å². The number of imide groups is 1. The summed E-state index contributed by atoms with van der Waals surface area (Å²) in [5.74, 6) is 0.588. The Morgan fingerprint density at radius 1 is 0.907 bits per heavy atom. The van der Waals surface area contributed by atoms with E-state index in [4.69, 9.17) is 4.74 Å². The fourth-order valence-corrected chi connectivity index (χ4v) is 6.66. The van der Waals surface area contributed by atoms with Gasteiger partial charge in [-0.15, -0.1) is 0 Å². The molecule has 11 heteroatoms. The molecule has 1 aromatic heterocycles. The van der Waals surface area contributed by atoms with Crippen molar-refractivity contribution in [1.29, 1.82) is 0 Å². The molecule has 7 rings (SSSR count). The van der Waals surface area contributed by atoms with Gasteiger partial charge >= 0.3 is 0 Å². The normalized spacial score (nSPS) is 21.3. The lowest BCUT2D eigenvalue weighted by Gasteiger charge is -2.32. The first kappa shape index (κ1) is 27.2. The second-order valence-corrected chi connectivity index (χ2v) is 11.6. The third kappa shape index (κ3) is 5.25. The molecule has 220 valence electrons. The third-order valence-corrected chi connectivity index (χ3v) is 8.95. The number of nitrogens with zero attached hydrogens (tertiary/aromatic N) is 5. The van der Waals surface area contributed by atoms with Crippen molar-refractivity contribution >= 4 is 29.4 Å². The van der Waals surface area contributed by atoms with Gasteiger partial charge in [0.25, 0.3) is 11.8 Å². The molecule has 0 radical (unpaired) electrons. The van der Waals surface area contributed by atoms with Crippen molar-refractivity contribution in [2.75, 3.05) is 31.1 Å². The maximum Gasteiger partial charge on any atom is 0.263 e. The maximum absolute atomic E-state index is 13.4. The van der Waals surface area contributed by atoms with Crippen LogP contribution in [0.4, 0.5) is 5.82 Å². The van der Waals surface area contributed by atoms with Crippen molar-refractivity contribution in [2.45, 2.75) is 50.7 Å². The molecule has 4 aliphatic rings. The van der Waals surface area contributed by atoms with Crippen LogP contribution in [0.15, 0.2) is 55.0 Å². The molecule has 0 saturated carbocycles. The summed E-state index contributed by atoms with van der Waals surface area (Å²) in [6, 6.07) is 13.1. The minimum atomic E-state index is -0.602. The van der Waals surface area contributed by atoms with Crippen molar-refractivity contribution < 1.29 is 23.9 Å². The van der Waals surface area contributed by atoms with Gasteiger partial charge in [0, 0.05) is 31.3 Å². The van der Waals surface area contributed by atoms with E-state index in [9.17, 15) is 19.2 Å². The number of ether oxygens (including phenoxy) is 1. The molecule has 3 aromatic rings. The van der Waals surface area contributed by atoms with Gasteiger partial charge in [-0.3, -0.25) is 34.3 Å². The number of fused-ring (bicyclic) bond motifs is 2. The molecular formula is C32H32N6O5. The molecule has 11 nitrogen and oxygen atoms in total. The van der Waals surface area contributed by atoms with Crippen LogP contribution in [0.2, 0.25) is 0 Å². The predicted molar refractivity (Wildman–Crippen MR) is 155 cm³/mol. The summed E-state index contributed by atoms with van der Waals surface area (Å²) in [5.41, 5.74) is 4.41. The van der Waals surface area contributed by atoms with Crippen molar-refractivity contribution in [3.05, 3.63) is 82.8 Å².